The molecule has 0 unspecified atom stereocenters. The number of ether oxygens (including phenoxy) is 1. The van der Waals surface area contributed by atoms with Gasteiger partial charge in [-0.25, -0.2) is 0 Å². The van der Waals surface area contributed by atoms with Gasteiger partial charge in [0.25, 0.3) is 0 Å². The minimum atomic E-state index is -0.306. The van der Waals surface area contributed by atoms with Crippen LogP contribution in [0.2, 0.25) is 0 Å². The molecule has 2 saturated heterocycles. The maximum atomic E-state index is 6.03. The molecule has 0 amide bonds. The largest absolute Gasteiger partial charge is 0.494 e. The van der Waals surface area contributed by atoms with Gasteiger partial charge in [-0.05, 0) is 45.3 Å². The molecule has 0 radical (unpaired) electrons. The zero-order chi connectivity index (χ0) is 14.4. The quantitative estimate of drug-likeness (QED) is 0.845. The van der Waals surface area contributed by atoms with Crippen LogP contribution in [0, 0.1) is 0 Å². The Balaban J connectivity index is 1.69. The topological polar surface area (TPSA) is 39.7 Å². The van der Waals surface area contributed by atoms with E-state index in [9.17, 15) is 0 Å². The van der Waals surface area contributed by atoms with Crippen LogP contribution in [-0.2, 0) is 9.31 Å². The van der Waals surface area contributed by atoms with Crippen LogP contribution in [0.3, 0.4) is 0 Å². The second kappa shape index (κ2) is 4.76. The van der Waals surface area contributed by atoms with E-state index >= 15 is 0 Å². The Morgan fingerprint density at radius 2 is 1.60 bits per heavy atom. The van der Waals surface area contributed by atoms with E-state index in [0.717, 1.165) is 24.3 Å². The first-order valence-electron chi connectivity index (χ1n) is 7.20. The fourth-order valence-electron chi connectivity index (χ4n) is 2.22. The molecule has 0 aromatic heterocycles. The van der Waals surface area contributed by atoms with Gasteiger partial charge in [0, 0.05) is 13.1 Å². The lowest BCUT2D eigenvalue weighted by atomic mass is 9.79. The van der Waals surface area contributed by atoms with E-state index in [1.165, 1.54) is 0 Å². The van der Waals surface area contributed by atoms with E-state index in [4.69, 9.17) is 14.0 Å². The van der Waals surface area contributed by atoms with E-state index in [2.05, 4.69) is 33.0 Å². The van der Waals surface area contributed by atoms with E-state index in [1.54, 1.807) is 0 Å². The van der Waals surface area contributed by atoms with Crippen molar-refractivity contribution >= 4 is 12.6 Å². The summed E-state index contributed by atoms with van der Waals surface area (Å²) < 4.78 is 17.9. The summed E-state index contributed by atoms with van der Waals surface area (Å²) in [5.74, 6) is 0.900. The molecule has 108 valence electrons. The summed E-state index contributed by atoms with van der Waals surface area (Å²) in [7, 11) is -0.306. The standard InChI is InChI=1S/C15H22BNO3/c1-14(2)15(3,4)20-16(19-14)11-5-7-12(8-6-11)18-13-9-17-10-13/h5-8,13,17H,9-10H2,1-4H3. The second-order valence-electron chi connectivity index (χ2n) is 6.56. The summed E-state index contributed by atoms with van der Waals surface area (Å²) in [6.45, 7) is 10.1. The molecule has 0 saturated carbocycles. The molecule has 1 aromatic carbocycles. The van der Waals surface area contributed by atoms with Crippen LogP contribution in [0.4, 0.5) is 0 Å². The fraction of sp³-hybridized carbons (Fsp3) is 0.600. The maximum absolute atomic E-state index is 6.03. The lowest BCUT2D eigenvalue weighted by Crippen LogP contribution is -2.50. The Morgan fingerprint density at radius 3 is 2.05 bits per heavy atom. The van der Waals surface area contributed by atoms with Crippen molar-refractivity contribution in [1.82, 2.24) is 5.32 Å². The molecule has 3 rings (SSSR count). The van der Waals surface area contributed by atoms with Crippen LogP contribution in [0.1, 0.15) is 27.7 Å². The molecule has 1 N–H and O–H groups in total. The molecular weight excluding hydrogens is 253 g/mol. The van der Waals surface area contributed by atoms with Gasteiger partial charge in [0.05, 0.1) is 11.2 Å². The van der Waals surface area contributed by atoms with E-state index in [1.807, 2.05) is 24.3 Å². The smallest absolute Gasteiger partial charge is 0.488 e. The van der Waals surface area contributed by atoms with Crippen molar-refractivity contribution in [3.05, 3.63) is 24.3 Å². The Labute approximate surface area is 120 Å². The van der Waals surface area contributed by atoms with Crippen molar-refractivity contribution in [3.63, 3.8) is 0 Å². The van der Waals surface area contributed by atoms with Crippen molar-refractivity contribution in [3.8, 4) is 5.75 Å². The predicted molar refractivity (Wildman–Crippen MR) is 79.4 cm³/mol. The van der Waals surface area contributed by atoms with Gasteiger partial charge < -0.3 is 19.4 Å². The monoisotopic (exact) mass is 275 g/mol. The molecule has 2 fully saturated rings. The van der Waals surface area contributed by atoms with Gasteiger partial charge in [-0.3, -0.25) is 0 Å². The molecule has 0 bridgehead atoms. The fourth-order valence-corrected chi connectivity index (χ4v) is 2.22. The first-order chi connectivity index (χ1) is 9.37. The van der Waals surface area contributed by atoms with Gasteiger partial charge in [0.2, 0.25) is 0 Å². The lowest BCUT2D eigenvalue weighted by Gasteiger charge is -2.32. The average Bonchev–Trinajstić information content (AvgIpc) is 2.54. The Hall–Kier alpha value is -1.04. The van der Waals surface area contributed by atoms with Gasteiger partial charge in [0.1, 0.15) is 11.9 Å². The van der Waals surface area contributed by atoms with Gasteiger partial charge in [-0.1, -0.05) is 12.1 Å². The summed E-state index contributed by atoms with van der Waals surface area (Å²) in [6.07, 6.45) is 0.303. The number of benzene rings is 1. The van der Waals surface area contributed by atoms with Crippen molar-refractivity contribution in [2.24, 2.45) is 0 Å². The second-order valence-corrected chi connectivity index (χ2v) is 6.56. The predicted octanol–water partition coefficient (Wildman–Crippen LogP) is 1.34. The van der Waals surface area contributed by atoms with Gasteiger partial charge >= 0.3 is 7.12 Å². The van der Waals surface area contributed by atoms with Crippen molar-refractivity contribution in [2.45, 2.75) is 45.0 Å². The van der Waals surface area contributed by atoms with Crippen molar-refractivity contribution in [2.75, 3.05) is 13.1 Å². The normalized spacial score (nSPS) is 24.5. The molecule has 2 heterocycles. The third kappa shape index (κ3) is 2.46. The number of hydrogen-bond acceptors (Lipinski definition) is 4. The Bertz CT molecular complexity index is 466. The Kier molecular flexibility index (Phi) is 3.31. The first-order valence-corrected chi connectivity index (χ1v) is 7.20. The SMILES string of the molecule is CC1(C)OB(c2ccc(OC3CNC3)cc2)OC1(C)C. The molecule has 0 aliphatic carbocycles. The molecule has 5 heteroatoms. The van der Waals surface area contributed by atoms with Crippen LogP contribution >= 0.6 is 0 Å². The summed E-state index contributed by atoms with van der Waals surface area (Å²) >= 11 is 0. The molecule has 0 atom stereocenters. The summed E-state index contributed by atoms with van der Waals surface area (Å²) in [5, 5.41) is 3.19. The highest BCUT2D eigenvalue weighted by Crippen LogP contribution is 2.36. The zero-order valence-electron chi connectivity index (χ0n) is 12.6. The minimum absolute atomic E-state index is 0.301. The van der Waals surface area contributed by atoms with Crippen LogP contribution in [-0.4, -0.2) is 37.5 Å². The zero-order valence-corrected chi connectivity index (χ0v) is 12.6. The highest BCUT2D eigenvalue weighted by Gasteiger charge is 2.51. The van der Waals surface area contributed by atoms with Crippen LogP contribution in [0.15, 0.2) is 24.3 Å². The summed E-state index contributed by atoms with van der Waals surface area (Å²) in [5.41, 5.74) is 0.428. The van der Waals surface area contributed by atoms with Crippen molar-refractivity contribution < 1.29 is 14.0 Å². The van der Waals surface area contributed by atoms with E-state index in [-0.39, 0.29) is 18.3 Å². The summed E-state index contributed by atoms with van der Waals surface area (Å²) in [6, 6.07) is 8.00. The van der Waals surface area contributed by atoms with Crippen molar-refractivity contribution in [1.29, 1.82) is 0 Å². The number of rotatable bonds is 3. The summed E-state index contributed by atoms with van der Waals surface area (Å²) in [4.78, 5) is 0. The molecule has 2 aliphatic heterocycles. The average molecular weight is 275 g/mol. The maximum Gasteiger partial charge on any atom is 0.494 e. The van der Waals surface area contributed by atoms with Crippen LogP contribution < -0.4 is 15.5 Å². The van der Waals surface area contributed by atoms with Gasteiger partial charge in [0.15, 0.2) is 0 Å². The van der Waals surface area contributed by atoms with Gasteiger partial charge in [-0.15, -0.1) is 0 Å². The molecule has 4 nitrogen and oxygen atoms in total. The van der Waals surface area contributed by atoms with Crippen LogP contribution in [0.5, 0.6) is 5.75 Å². The molecule has 1 aromatic rings. The highest BCUT2D eigenvalue weighted by molar-refractivity contribution is 6.62. The number of nitrogens with one attached hydrogen (secondary N) is 1. The van der Waals surface area contributed by atoms with Crippen LogP contribution in [0.25, 0.3) is 0 Å². The highest BCUT2D eigenvalue weighted by atomic mass is 16.7. The van der Waals surface area contributed by atoms with Gasteiger partial charge in [-0.2, -0.15) is 0 Å². The Morgan fingerprint density at radius 1 is 1.05 bits per heavy atom. The molecule has 0 spiro atoms. The molecule has 20 heavy (non-hydrogen) atoms. The molecular formula is C15H22BNO3. The number of hydrogen-bond donors (Lipinski definition) is 1. The third-order valence-electron chi connectivity index (χ3n) is 4.45. The minimum Gasteiger partial charge on any atom is -0.488 e. The third-order valence-corrected chi connectivity index (χ3v) is 4.45. The lowest BCUT2D eigenvalue weighted by molar-refractivity contribution is 0.00578. The van der Waals surface area contributed by atoms with E-state index < -0.39 is 0 Å². The molecule has 2 aliphatic rings. The van der Waals surface area contributed by atoms with E-state index in [0.29, 0.717) is 6.10 Å². The first kappa shape index (κ1) is 13.9.